The highest BCUT2D eigenvalue weighted by molar-refractivity contribution is 5.79. The molecule has 0 unspecified atom stereocenters. The molecule has 0 saturated heterocycles. The lowest BCUT2D eigenvalue weighted by Gasteiger charge is -2.22. The summed E-state index contributed by atoms with van der Waals surface area (Å²) in [6, 6.07) is 11.8. The molecule has 0 fully saturated rings. The first kappa shape index (κ1) is 17.8. The predicted molar refractivity (Wildman–Crippen MR) is 97.4 cm³/mol. The van der Waals surface area contributed by atoms with Crippen molar-refractivity contribution < 1.29 is 4.74 Å². The number of likely N-dealkylation sites (N-methyl/N-ethyl adjacent to an activating group) is 1. The Bertz CT molecular complexity index is 583. The van der Waals surface area contributed by atoms with Crippen LogP contribution in [0.25, 0.3) is 0 Å². The van der Waals surface area contributed by atoms with Crippen LogP contribution in [-0.4, -0.2) is 53.9 Å². The Morgan fingerprint density at radius 2 is 2.12 bits per heavy atom. The third kappa shape index (κ3) is 6.32. The minimum Gasteiger partial charge on any atom is -0.492 e. The van der Waals surface area contributed by atoms with E-state index in [0.717, 1.165) is 44.3 Å². The van der Waals surface area contributed by atoms with Crippen molar-refractivity contribution in [3.05, 3.63) is 48.8 Å². The van der Waals surface area contributed by atoms with Gasteiger partial charge in [-0.3, -0.25) is 9.67 Å². The molecule has 0 aliphatic carbocycles. The number of aromatic nitrogens is 2. The second kappa shape index (κ2) is 10.3. The van der Waals surface area contributed by atoms with Gasteiger partial charge in [0.1, 0.15) is 12.4 Å². The van der Waals surface area contributed by atoms with Gasteiger partial charge in [0.15, 0.2) is 5.96 Å². The fraction of sp³-hybridized carbons (Fsp3) is 0.444. The quantitative estimate of drug-likeness (QED) is 0.435. The van der Waals surface area contributed by atoms with Crippen molar-refractivity contribution in [1.29, 1.82) is 0 Å². The highest BCUT2D eigenvalue weighted by Crippen LogP contribution is 2.07. The second-order valence-corrected chi connectivity index (χ2v) is 5.44. The van der Waals surface area contributed by atoms with Crippen LogP contribution in [0.3, 0.4) is 0 Å². The molecule has 2 rings (SSSR count). The Labute approximate surface area is 144 Å². The van der Waals surface area contributed by atoms with Crippen LogP contribution in [-0.2, 0) is 6.54 Å². The number of aliphatic imine (C=N–C) groups is 1. The topological polar surface area (TPSA) is 54.7 Å². The van der Waals surface area contributed by atoms with Gasteiger partial charge in [-0.1, -0.05) is 18.2 Å². The Morgan fingerprint density at radius 3 is 2.83 bits per heavy atom. The van der Waals surface area contributed by atoms with Gasteiger partial charge in [0.05, 0.1) is 6.54 Å². The van der Waals surface area contributed by atoms with Crippen molar-refractivity contribution in [2.45, 2.75) is 19.9 Å². The van der Waals surface area contributed by atoms with Crippen molar-refractivity contribution in [2.75, 3.05) is 33.3 Å². The van der Waals surface area contributed by atoms with E-state index in [0.29, 0.717) is 6.61 Å². The van der Waals surface area contributed by atoms with Crippen LogP contribution in [0.15, 0.2) is 53.8 Å². The van der Waals surface area contributed by atoms with Crippen molar-refractivity contribution in [2.24, 2.45) is 4.99 Å². The van der Waals surface area contributed by atoms with Gasteiger partial charge in [-0.25, -0.2) is 0 Å². The number of rotatable bonds is 9. The first-order valence-electron chi connectivity index (χ1n) is 8.44. The molecule has 0 bridgehead atoms. The van der Waals surface area contributed by atoms with Gasteiger partial charge in [0.25, 0.3) is 0 Å². The zero-order valence-corrected chi connectivity index (χ0v) is 14.6. The van der Waals surface area contributed by atoms with Crippen molar-refractivity contribution >= 4 is 5.96 Å². The largest absolute Gasteiger partial charge is 0.492 e. The predicted octanol–water partition coefficient (Wildman–Crippen LogP) is 2.25. The molecule has 1 aromatic heterocycles. The monoisotopic (exact) mass is 329 g/mol. The molecule has 1 N–H and O–H groups in total. The Balaban J connectivity index is 1.73. The van der Waals surface area contributed by atoms with Gasteiger partial charge >= 0.3 is 0 Å². The molecule has 6 nitrogen and oxygen atoms in total. The molecule has 0 radical (unpaired) electrons. The SMILES string of the molecule is CCNC(=NCCCn1cccn1)N(C)CCOc1ccccc1. The lowest BCUT2D eigenvalue weighted by Crippen LogP contribution is -2.41. The van der Waals surface area contributed by atoms with E-state index in [4.69, 9.17) is 4.74 Å². The second-order valence-electron chi connectivity index (χ2n) is 5.44. The number of nitrogens with one attached hydrogen (secondary N) is 1. The number of guanidine groups is 1. The minimum atomic E-state index is 0.623. The Morgan fingerprint density at radius 1 is 1.29 bits per heavy atom. The van der Waals surface area contributed by atoms with E-state index in [2.05, 4.69) is 27.2 Å². The molecule has 0 amide bonds. The fourth-order valence-corrected chi connectivity index (χ4v) is 2.24. The molecule has 130 valence electrons. The molecule has 1 heterocycles. The molecule has 2 aromatic rings. The van der Waals surface area contributed by atoms with Crippen molar-refractivity contribution in [1.82, 2.24) is 20.0 Å². The van der Waals surface area contributed by atoms with Crippen LogP contribution < -0.4 is 10.1 Å². The van der Waals surface area contributed by atoms with Gasteiger partial charge in [-0.15, -0.1) is 0 Å². The van der Waals surface area contributed by atoms with Crippen LogP contribution in [0.4, 0.5) is 0 Å². The molecule has 0 spiro atoms. The summed E-state index contributed by atoms with van der Waals surface area (Å²) in [5.74, 6) is 1.81. The first-order valence-corrected chi connectivity index (χ1v) is 8.44. The lowest BCUT2D eigenvalue weighted by atomic mass is 10.3. The first-order chi connectivity index (χ1) is 11.8. The summed E-state index contributed by atoms with van der Waals surface area (Å²) in [6.45, 7) is 5.98. The average Bonchev–Trinajstić information content (AvgIpc) is 3.12. The highest BCUT2D eigenvalue weighted by Gasteiger charge is 2.05. The molecule has 1 aromatic carbocycles. The summed E-state index contributed by atoms with van der Waals surface area (Å²) in [6.07, 6.45) is 4.74. The van der Waals surface area contributed by atoms with Crippen LogP contribution >= 0.6 is 0 Å². The van der Waals surface area contributed by atoms with Crippen LogP contribution in [0.2, 0.25) is 0 Å². The zero-order chi connectivity index (χ0) is 17.0. The van der Waals surface area contributed by atoms with Crippen LogP contribution in [0, 0.1) is 0 Å². The average molecular weight is 329 g/mol. The molecule has 24 heavy (non-hydrogen) atoms. The highest BCUT2D eigenvalue weighted by atomic mass is 16.5. The maximum absolute atomic E-state index is 5.74. The van der Waals surface area contributed by atoms with Crippen molar-refractivity contribution in [3.8, 4) is 5.75 Å². The van der Waals surface area contributed by atoms with E-state index in [9.17, 15) is 0 Å². The van der Waals surface area contributed by atoms with Crippen LogP contribution in [0.1, 0.15) is 13.3 Å². The van der Waals surface area contributed by atoms with Gasteiger partial charge in [0, 0.05) is 39.1 Å². The van der Waals surface area contributed by atoms with E-state index < -0.39 is 0 Å². The molecule has 0 atom stereocenters. The molecule has 0 aliphatic rings. The van der Waals surface area contributed by atoms with Gasteiger partial charge in [-0.2, -0.15) is 5.10 Å². The minimum absolute atomic E-state index is 0.623. The summed E-state index contributed by atoms with van der Waals surface area (Å²) < 4.78 is 7.67. The molecular formula is C18H27N5O. The fourth-order valence-electron chi connectivity index (χ4n) is 2.24. The smallest absolute Gasteiger partial charge is 0.193 e. The zero-order valence-electron chi connectivity index (χ0n) is 14.6. The summed E-state index contributed by atoms with van der Waals surface area (Å²) in [5, 5.41) is 7.52. The van der Waals surface area contributed by atoms with Crippen molar-refractivity contribution in [3.63, 3.8) is 0 Å². The maximum Gasteiger partial charge on any atom is 0.193 e. The van der Waals surface area contributed by atoms with E-state index >= 15 is 0 Å². The number of ether oxygens (including phenoxy) is 1. The number of para-hydroxylation sites is 1. The maximum atomic E-state index is 5.74. The standard InChI is InChI=1S/C18H27N5O/c1-3-19-18(20-11-7-13-23-14-8-12-21-23)22(2)15-16-24-17-9-5-4-6-10-17/h4-6,8-10,12,14H,3,7,11,13,15-16H2,1-2H3,(H,19,20). The molecule has 6 heteroatoms. The number of aryl methyl sites for hydroxylation is 1. The number of hydrogen-bond acceptors (Lipinski definition) is 3. The third-order valence-electron chi connectivity index (χ3n) is 3.50. The number of hydrogen-bond donors (Lipinski definition) is 1. The van der Waals surface area contributed by atoms with Gasteiger partial charge < -0.3 is 15.0 Å². The Hall–Kier alpha value is -2.50. The summed E-state index contributed by atoms with van der Waals surface area (Å²) in [7, 11) is 2.03. The normalized spacial score (nSPS) is 11.3. The van der Waals surface area contributed by atoms with Gasteiger partial charge in [-0.05, 0) is 31.5 Å². The number of nitrogens with zero attached hydrogens (tertiary/aromatic N) is 4. The van der Waals surface area contributed by atoms with Gasteiger partial charge in [0.2, 0.25) is 0 Å². The third-order valence-corrected chi connectivity index (χ3v) is 3.50. The summed E-state index contributed by atoms with van der Waals surface area (Å²) >= 11 is 0. The van der Waals surface area contributed by atoms with Crippen LogP contribution in [0.5, 0.6) is 5.75 Å². The van der Waals surface area contributed by atoms with E-state index in [1.54, 1.807) is 6.20 Å². The molecule has 0 saturated carbocycles. The molecular weight excluding hydrogens is 302 g/mol. The van der Waals surface area contributed by atoms with E-state index in [1.165, 1.54) is 0 Å². The van der Waals surface area contributed by atoms with E-state index in [-0.39, 0.29) is 0 Å². The Kier molecular flexibility index (Phi) is 7.67. The van der Waals surface area contributed by atoms with E-state index in [1.807, 2.05) is 54.3 Å². The lowest BCUT2D eigenvalue weighted by molar-refractivity contribution is 0.281. The summed E-state index contributed by atoms with van der Waals surface area (Å²) in [5.41, 5.74) is 0. The number of benzene rings is 1. The summed E-state index contributed by atoms with van der Waals surface area (Å²) in [4.78, 5) is 6.77. The molecule has 0 aliphatic heterocycles.